The fourth-order valence-corrected chi connectivity index (χ4v) is 3.08. The molecule has 3 rings (SSSR count). The normalized spacial score (nSPS) is 22.3. The van der Waals surface area contributed by atoms with Crippen molar-refractivity contribution in [1.82, 2.24) is 9.80 Å². The number of nitrogens with two attached hydrogens (primary N) is 1. The molecule has 2 fully saturated rings. The van der Waals surface area contributed by atoms with E-state index < -0.39 is 0 Å². The van der Waals surface area contributed by atoms with Crippen LogP contribution in [0.1, 0.15) is 18.4 Å². The highest BCUT2D eigenvalue weighted by Gasteiger charge is 2.30. The first kappa shape index (κ1) is 12.5. The molecule has 1 saturated heterocycles. The molecule has 2 aliphatic rings. The van der Waals surface area contributed by atoms with Gasteiger partial charge in [-0.2, -0.15) is 0 Å². The lowest BCUT2D eigenvalue weighted by Gasteiger charge is -2.34. The minimum atomic E-state index is 0.817. The number of benzene rings is 1. The summed E-state index contributed by atoms with van der Waals surface area (Å²) >= 11 is 3.50. The summed E-state index contributed by atoms with van der Waals surface area (Å²) in [6.45, 7) is 5.90. The summed E-state index contributed by atoms with van der Waals surface area (Å²) in [5.74, 6) is 0. The third kappa shape index (κ3) is 2.87. The molecule has 0 amide bonds. The molecule has 0 spiro atoms. The molecule has 1 aliphatic carbocycles. The van der Waals surface area contributed by atoms with E-state index in [1.54, 1.807) is 0 Å². The molecule has 0 unspecified atom stereocenters. The Morgan fingerprint density at radius 2 is 1.89 bits per heavy atom. The summed E-state index contributed by atoms with van der Waals surface area (Å²) in [5, 5.41) is 0. The molecule has 0 bridgehead atoms. The van der Waals surface area contributed by atoms with Crippen molar-refractivity contribution in [2.24, 2.45) is 0 Å². The molecule has 18 heavy (non-hydrogen) atoms. The van der Waals surface area contributed by atoms with Gasteiger partial charge >= 0.3 is 0 Å². The van der Waals surface area contributed by atoms with Crippen LogP contribution in [0.5, 0.6) is 0 Å². The monoisotopic (exact) mass is 309 g/mol. The second-order valence-corrected chi connectivity index (χ2v) is 6.25. The Hall–Kier alpha value is -0.580. The van der Waals surface area contributed by atoms with Gasteiger partial charge in [-0.25, -0.2) is 0 Å². The van der Waals surface area contributed by atoms with E-state index in [2.05, 4.69) is 37.9 Å². The maximum atomic E-state index is 5.81. The van der Waals surface area contributed by atoms with Gasteiger partial charge in [-0.05, 0) is 46.5 Å². The number of anilines is 1. The van der Waals surface area contributed by atoms with E-state index in [0.717, 1.165) is 22.7 Å². The third-order valence-electron chi connectivity index (χ3n) is 3.94. The van der Waals surface area contributed by atoms with Crippen molar-refractivity contribution < 1.29 is 0 Å². The lowest BCUT2D eigenvalue weighted by Crippen LogP contribution is -2.46. The molecular formula is C14H20BrN3. The summed E-state index contributed by atoms with van der Waals surface area (Å²) in [7, 11) is 0. The van der Waals surface area contributed by atoms with Crippen LogP contribution in [0.25, 0.3) is 0 Å². The zero-order chi connectivity index (χ0) is 12.5. The summed E-state index contributed by atoms with van der Waals surface area (Å²) in [5.41, 5.74) is 7.97. The summed E-state index contributed by atoms with van der Waals surface area (Å²) in [4.78, 5) is 5.19. The van der Waals surface area contributed by atoms with Gasteiger partial charge in [0.05, 0.1) is 0 Å². The van der Waals surface area contributed by atoms with E-state index >= 15 is 0 Å². The van der Waals surface area contributed by atoms with Crippen molar-refractivity contribution in [3.05, 3.63) is 28.2 Å². The maximum Gasteiger partial charge on any atom is 0.0458 e. The van der Waals surface area contributed by atoms with Gasteiger partial charge in [-0.1, -0.05) is 6.07 Å². The predicted octanol–water partition coefficient (Wildman–Crippen LogP) is 2.31. The Bertz CT molecular complexity index is 423. The number of nitrogen functional groups attached to an aromatic ring is 1. The van der Waals surface area contributed by atoms with Gasteiger partial charge in [0.25, 0.3) is 0 Å². The van der Waals surface area contributed by atoms with E-state index in [0.29, 0.717) is 0 Å². The van der Waals surface area contributed by atoms with Gasteiger partial charge in [0, 0.05) is 48.9 Å². The predicted molar refractivity (Wildman–Crippen MR) is 78.4 cm³/mol. The first-order chi connectivity index (χ1) is 8.72. The highest BCUT2D eigenvalue weighted by atomic mass is 79.9. The number of nitrogens with zero attached hydrogens (tertiary/aromatic N) is 2. The number of hydrogen-bond donors (Lipinski definition) is 1. The molecule has 3 nitrogen and oxygen atoms in total. The SMILES string of the molecule is Nc1ccc(CN2CCN(C3CC3)CC2)cc1Br. The number of piperazine rings is 1. The van der Waals surface area contributed by atoms with Gasteiger partial charge in [0.15, 0.2) is 0 Å². The zero-order valence-corrected chi connectivity index (χ0v) is 12.2. The quantitative estimate of drug-likeness (QED) is 0.870. The van der Waals surface area contributed by atoms with Gasteiger partial charge in [-0.3, -0.25) is 9.80 Å². The van der Waals surface area contributed by atoms with Crippen LogP contribution in [0, 0.1) is 0 Å². The highest BCUT2D eigenvalue weighted by Crippen LogP contribution is 2.28. The molecule has 98 valence electrons. The smallest absolute Gasteiger partial charge is 0.0458 e. The van der Waals surface area contributed by atoms with E-state index in [-0.39, 0.29) is 0 Å². The molecule has 2 N–H and O–H groups in total. The van der Waals surface area contributed by atoms with Crippen LogP contribution in [-0.2, 0) is 6.54 Å². The Balaban J connectivity index is 1.55. The fraction of sp³-hybridized carbons (Fsp3) is 0.571. The average molecular weight is 310 g/mol. The van der Waals surface area contributed by atoms with Gasteiger partial charge in [0.1, 0.15) is 0 Å². The Kier molecular flexibility index (Phi) is 3.59. The van der Waals surface area contributed by atoms with E-state index in [1.807, 2.05) is 6.07 Å². The summed E-state index contributed by atoms with van der Waals surface area (Å²) in [6, 6.07) is 7.17. The standard InChI is InChI=1S/C14H20BrN3/c15-13-9-11(1-4-14(13)16)10-17-5-7-18(8-6-17)12-2-3-12/h1,4,9,12H,2-3,5-8,10,16H2. The Morgan fingerprint density at radius 1 is 1.17 bits per heavy atom. The van der Waals surface area contributed by atoms with Gasteiger partial charge < -0.3 is 5.73 Å². The molecule has 1 aromatic rings. The Morgan fingerprint density at radius 3 is 2.50 bits per heavy atom. The van der Waals surface area contributed by atoms with Gasteiger partial charge in [0.2, 0.25) is 0 Å². The minimum absolute atomic E-state index is 0.817. The van der Waals surface area contributed by atoms with E-state index in [4.69, 9.17) is 5.73 Å². The van der Waals surface area contributed by atoms with Crippen molar-refractivity contribution in [1.29, 1.82) is 0 Å². The molecule has 0 aromatic heterocycles. The lowest BCUT2D eigenvalue weighted by molar-refractivity contribution is 0.121. The maximum absolute atomic E-state index is 5.81. The average Bonchev–Trinajstić information content (AvgIpc) is 3.19. The zero-order valence-electron chi connectivity index (χ0n) is 10.6. The van der Waals surface area contributed by atoms with E-state index in [1.165, 1.54) is 44.6 Å². The lowest BCUT2D eigenvalue weighted by atomic mass is 10.2. The molecule has 1 aromatic carbocycles. The van der Waals surface area contributed by atoms with Gasteiger partial charge in [-0.15, -0.1) is 0 Å². The second kappa shape index (κ2) is 5.19. The third-order valence-corrected chi connectivity index (χ3v) is 4.63. The van der Waals surface area contributed by atoms with Crippen LogP contribution in [0.2, 0.25) is 0 Å². The van der Waals surface area contributed by atoms with Crippen molar-refractivity contribution in [3.8, 4) is 0 Å². The molecule has 4 heteroatoms. The topological polar surface area (TPSA) is 32.5 Å². The summed E-state index contributed by atoms with van der Waals surface area (Å²) in [6.07, 6.45) is 2.84. The molecule has 1 heterocycles. The fourth-order valence-electron chi connectivity index (χ4n) is 2.65. The van der Waals surface area contributed by atoms with Crippen molar-refractivity contribution in [3.63, 3.8) is 0 Å². The molecule has 1 aliphatic heterocycles. The molecule has 0 atom stereocenters. The van der Waals surface area contributed by atoms with Crippen LogP contribution in [0.3, 0.4) is 0 Å². The first-order valence-corrected chi connectivity index (χ1v) is 7.52. The molecule has 0 radical (unpaired) electrons. The van der Waals surface area contributed by atoms with E-state index in [9.17, 15) is 0 Å². The van der Waals surface area contributed by atoms with Crippen molar-refractivity contribution in [2.45, 2.75) is 25.4 Å². The highest BCUT2D eigenvalue weighted by molar-refractivity contribution is 9.10. The van der Waals surface area contributed by atoms with Crippen molar-refractivity contribution in [2.75, 3.05) is 31.9 Å². The Labute approximate surface area is 117 Å². The van der Waals surface area contributed by atoms with Crippen LogP contribution in [0.15, 0.2) is 22.7 Å². The minimum Gasteiger partial charge on any atom is -0.398 e. The first-order valence-electron chi connectivity index (χ1n) is 6.73. The van der Waals surface area contributed by atoms with Crippen LogP contribution >= 0.6 is 15.9 Å². The largest absolute Gasteiger partial charge is 0.398 e. The van der Waals surface area contributed by atoms with Crippen molar-refractivity contribution >= 4 is 21.6 Å². The van der Waals surface area contributed by atoms with Crippen LogP contribution in [0.4, 0.5) is 5.69 Å². The molecule has 1 saturated carbocycles. The second-order valence-electron chi connectivity index (χ2n) is 5.40. The summed E-state index contributed by atoms with van der Waals surface area (Å²) < 4.78 is 1.01. The number of rotatable bonds is 3. The number of hydrogen-bond acceptors (Lipinski definition) is 3. The van der Waals surface area contributed by atoms with Crippen LogP contribution in [-0.4, -0.2) is 42.0 Å². The van der Waals surface area contributed by atoms with Crippen LogP contribution < -0.4 is 5.73 Å². The number of halogens is 1. The molecular weight excluding hydrogens is 290 g/mol.